The summed E-state index contributed by atoms with van der Waals surface area (Å²) >= 11 is 0. The molecule has 0 aromatic carbocycles. The Morgan fingerprint density at radius 3 is 0.643 bits per heavy atom. The summed E-state index contributed by atoms with van der Waals surface area (Å²) in [5.41, 5.74) is 8.72. The van der Waals surface area contributed by atoms with Crippen LogP contribution < -0.4 is 0 Å². The number of hydrogen-bond acceptors (Lipinski definition) is 2. The highest BCUT2D eigenvalue weighted by Gasteiger charge is 2.47. The first-order chi connectivity index (χ1) is 12.1. The molecule has 0 aliphatic heterocycles. The predicted octanol–water partition coefficient (Wildman–Crippen LogP) is 3.97. The molecule has 2 nitrogen and oxygen atoms in total. The number of hydrogen-bond donors (Lipinski definition) is 2. The van der Waals surface area contributed by atoms with Crippen LogP contribution in [0.1, 0.15) is 0 Å². The molecule has 0 saturated heterocycles. The first kappa shape index (κ1) is 27.0. The van der Waals surface area contributed by atoms with Crippen LogP contribution in [-0.4, -0.2) is 53.7 Å². The van der Waals surface area contributed by atoms with Gasteiger partial charge in [-0.1, -0.05) is 102 Å². The van der Waals surface area contributed by atoms with E-state index in [1.165, 1.54) is 0 Å². The first-order valence-corrected chi connectivity index (χ1v) is 23.7. The summed E-state index contributed by atoms with van der Waals surface area (Å²) in [7, 11) is -7.23. The SMILES string of the molecule is C[Si](C)(C)C#CC(O)(C#C[Si](C)(C)C)C(O)(C#C[Si](C)(C)C)C#C[Si](C)(C)C. The molecule has 6 heteroatoms. The lowest BCUT2D eigenvalue weighted by atomic mass is 9.85. The molecular weight excluding hydrogens is 409 g/mol. The van der Waals surface area contributed by atoms with Crippen molar-refractivity contribution in [1.29, 1.82) is 0 Å². The average Bonchev–Trinajstić information content (AvgIpc) is 2.44. The number of rotatable bonds is 1. The highest BCUT2D eigenvalue weighted by atomic mass is 28.3. The van der Waals surface area contributed by atoms with Crippen LogP contribution in [0.3, 0.4) is 0 Å². The molecule has 0 radical (unpaired) electrons. The van der Waals surface area contributed by atoms with Gasteiger partial charge in [-0.25, -0.2) is 0 Å². The lowest BCUT2D eigenvalue weighted by molar-refractivity contribution is -0.00294. The average molecular weight is 447 g/mol. The maximum atomic E-state index is 11.5. The zero-order valence-electron chi connectivity index (χ0n) is 19.9. The van der Waals surface area contributed by atoms with Gasteiger partial charge in [-0.2, -0.15) is 0 Å². The van der Waals surface area contributed by atoms with Gasteiger partial charge in [0.2, 0.25) is 11.2 Å². The maximum absolute atomic E-state index is 11.5. The minimum atomic E-state index is -1.99. The minimum absolute atomic E-state index is 1.81. The summed E-state index contributed by atoms with van der Waals surface area (Å²) in [6.45, 7) is 25.1. The molecule has 2 N–H and O–H groups in total. The maximum Gasteiger partial charge on any atom is 0.239 e. The summed E-state index contributed by atoms with van der Waals surface area (Å²) in [4.78, 5) is 0. The summed E-state index contributed by atoms with van der Waals surface area (Å²) in [5.74, 6) is 11.7. The minimum Gasteiger partial charge on any atom is -0.363 e. The van der Waals surface area contributed by atoms with E-state index in [-0.39, 0.29) is 0 Å². The van der Waals surface area contributed by atoms with Crippen molar-refractivity contribution in [3.63, 3.8) is 0 Å². The molecular formula is C22H38O2Si4. The van der Waals surface area contributed by atoms with Crippen molar-refractivity contribution in [3.05, 3.63) is 0 Å². The molecule has 0 aromatic rings. The van der Waals surface area contributed by atoms with Gasteiger partial charge in [-0.3, -0.25) is 0 Å². The fraction of sp³-hybridized carbons (Fsp3) is 0.636. The fourth-order valence-corrected chi connectivity index (χ4v) is 3.76. The molecule has 0 fully saturated rings. The van der Waals surface area contributed by atoms with Gasteiger partial charge in [0.1, 0.15) is 32.3 Å². The molecule has 0 aliphatic rings. The Morgan fingerprint density at radius 2 is 0.536 bits per heavy atom. The van der Waals surface area contributed by atoms with E-state index in [9.17, 15) is 10.2 Å². The Kier molecular flexibility index (Phi) is 8.50. The molecule has 0 aliphatic carbocycles. The molecule has 0 spiro atoms. The lowest BCUT2D eigenvalue weighted by Crippen LogP contribution is -2.52. The molecule has 0 bridgehead atoms. The van der Waals surface area contributed by atoms with Crippen molar-refractivity contribution in [2.75, 3.05) is 0 Å². The fourth-order valence-electron chi connectivity index (χ4n) is 1.54. The van der Waals surface area contributed by atoms with Gasteiger partial charge in [-0.15, -0.1) is 22.2 Å². The Balaban J connectivity index is 6.98. The van der Waals surface area contributed by atoms with Crippen LogP contribution in [0.4, 0.5) is 0 Å². The summed E-state index contributed by atoms with van der Waals surface area (Å²) in [6.07, 6.45) is 0. The highest BCUT2D eigenvalue weighted by Crippen LogP contribution is 2.23. The third-order valence-electron chi connectivity index (χ3n) is 3.00. The summed E-state index contributed by atoms with van der Waals surface area (Å²) in [6, 6.07) is 0. The molecule has 0 atom stereocenters. The summed E-state index contributed by atoms with van der Waals surface area (Å²) in [5, 5.41) is 23.0. The van der Waals surface area contributed by atoms with Crippen molar-refractivity contribution in [2.24, 2.45) is 0 Å². The van der Waals surface area contributed by atoms with Crippen molar-refractivity contribution in [2.45, 2.75) is 89.8 Å². The van der Waals surface area contributed by atoms with Gasteiger partial charge in [0, 0.05) is 0 Å². The van der Waals surface area contributed by atoms with E-state index in [2.05, 4.69) is 124 Å². The smallest absolute Gasteiger partial charge is 0.239 e. The van der Waals surface area contributed by atoms with Crippen LogP contribution >= 0.6 is 0 Å². The summed E-state index contributed by atoms with van der Waals surface area (Å²) < 4.78 is 0. The van der Waals surface area contributed by atoms with E-state index in [0.717, 1.165) is 0 Å². The quantitative estimate of drug-likeness (QED) is 0.472. The van der Waals surface area contributed by atoms with Crippen LogP contribution in [0.25, 0.3) is 0 Å². The Hall–Kier alpha value is -0.972. The van der Waals surface area contributed by atoms with Gasteiger partial charge in [0.15, 0.2) is 0 Å². The van der Waals surface area contributed by atoms with Gasteiger partial charge >= 0.3 is 0 Å². The predicted molar refractivity (Wildman–Crippen MR) is 134 cm³/mol. The zero-order valence-corrected chi connectivity index (χ0v) is 23.9. The van der Waals surface area contributed by atoms with Crippen molar-refractivity contribution in [3.8, 4) is 45.9 Å². The Labute approximate surface area is 178 Å². The van der Waals surface area contributed by atoms with E-state index in [1.54, 1.807) is 0 Å². The van der Waals surface area contributed by atoms with Gasteiger partial charge < -0.3 is 10.2 Å². The standard InChI is InChI=1S/C22H38O2Si4/c1-25(2,3)17-13-21(23,14-18-26(4,5)6)22(24,15-19-27(7,8)9)16-20-28(10,11)12/h23-24H,1-12H3. The van der Waals surface area contributed by atoms with Crippen LogP contribution in [0.2, 0.25) is 78.6 Å². The number of aliphatic hydroxyl groups is 2. The third-order valence-corrected chi connectivity index (χ3v) is 6.50. The second-order valence-corrected chi connectivity index (χ2v) is 30.4. The lowest BCUT2D eigenvalue weighted by Gasteiger charge is -2.29. The van der Waals surface area contributed by atoms with Crippen LogP contribution in [0.15, 0.2) is 0 Å². The normalized spacial score (nSPS) is 12.9. The van der Waals surface area contributed by atoms with E-state index >= 15 is 0 Å². The van der Waals surface area contributed by atoms with Crippen molar-refractivity contribution in [1.82, 2.24) is 0 Å². The Bertz CT molecular complexity index is 680. The second-order valence-electron chi connectivity index (χ2n) is 11.4. The molecule has 0 amide bonds. The molecule has 0 heterocycles. The molecule has 0 unspecified atom stereocenters. The van der Waals surface area contributed by atoms with Crippen molar-refractivity contribution < 1.29 is 10.2 Å². The van der Waals surface area contributed by atoms with Crippen LogP contribution in [-0.2, 0) is 0 Å². The molecule has 0 saturated carbocycles. The van der Waals surface area contributed by atoms with Crippen LogP contribution in [0.5, 0.6) is 0 Å². The molecule has 154 valence electrons. The zero-order chi connectivity index (χ0) is 22.7. The highest BCUT2D eigenvalue weighted by molar-refractivity contribution is 6.85. The molecule has 28 heavy (non-hydrogen) atoms. The third kappa shape index (κ3) is 11.1. The topological polar surface area (TPSA) is 40.5 Å². The van der Waals surface area contributed by atoms with E-state index < -0.39 is 43.5 Å². The van der Waals surface area contributed by atoms with Gasteiger partial charge in [0.25, 0.3) is 0 Å². The van der Waals surface area contributed by atoms with Gasteiger partial charge in [-0.05, 0) is 0 Å². The van der Waals surface area contributed by atoms with E-state index in [1.807, 2.05) is 0 Å². The molecule has 0 aromatic heterocycles. The largest absolute Gasteiger partial charge is 0.363 e. The first-order valence-electron chi connectivity index (χ1n) is 9.70. The second kappa shape index (κ2) is 8.81. The van der Waals surface area contributed by atoms with E-state index in [0.29, 0.717) is 0 Å². The van der Waals surface area contributed by atoms with E-state index in [4.69, 9.17) is 0 Å². The monoisotopic (exact) mass is 446 g/mol. The Morgan fingerprint density at radius 1 is 0.393 bits per heavy atom. The van der Waals surface area contributed by atoms with Crippen LogP contribution in [0, 0.1) is 45.9 Å². The van der Waals surface area contributed by atoms with Crippen molar-refractivity contribution >= 4 is 32.3 Å². The molecule has 0 rings (SSSR count). The van der Waals surface area contributed by atoms with Gasteiger partial charge in [0.05, 0.1) is 0 Å².